The van der Waals surface area contributed by atoms with Crippen LogP contribution in [0.1, 0.15) is 29.3 Å². The van der Waals surface area contributed by atoms with E-state index in [0.29, 0.717) is 17.2 Å². The first kappa shape index (κ1) is 12.4. The fourth-order valence-corrected chi connectivity index (χ4v) is 3.40. The summed E-state index contributed by atoms with van der Waals surface area (Å²) in [5.74, 6) is 1.47. The molecule has 2 aliphatic rings. The van der Waals surface area contributed by atoms with Gasteiger partial charge in [-0.15, -0.1) is 0 Å². The van der Waals surface area contributed by atoms with Gasteiger partial charge in [0.15, 0.2) is 0 Å². The van der Waals surface area contributed by atoms with Gasteiger partial charge in [0.1, 0.15) is 23.2 Å². The second kappa shape index (κ2) is 4.58. The SMILES string of the molecule is N#Cc1c(N)nc2c(c1-c1ccco1)CCC1CNNC21. The molecule has 1 aliphatic carbocycles. The minimum atomic E-state index is 0.150. The highest BCUT2D eigenvalue weighted by atomic mass is 16.3. The van der Waals surface area contributed by atoms with Crippen LogP contribution in [0.5, 0.6) is 0 Å². The van der Waals surface area contributed by atoms with Crippen LogP contribution in [0.2, 0.25) is 0 Å². The van der Waals surface area contributed by atoms with E-state index in [9.17, 15) is 5.26 Å². The summed E-state index contributed by atoms with van der Waals surface area (Å²) >= 11 is 0. The topological polar surface area (TPSA) is 99.9 Å². The third-order valence-electron chi connectivity index (χ3n) is 4.39. The molecule has 1 aliphatic heterocycles. The average molecular weight is 281 g/mol. The predicted molar refractivity (Wildman–Crippen MR) is 76.8 cm³/mol. The zero-order valence-electron chi connectivity index (χ0n) is 11.4. The normalized spacial score (nSPS) is 23.4. The summed E-state index contributed by atoms with van der Waals surface area (Å²) < 4.78 is 5.52. The fourth-order valence-electron chi connectivity index (χ4n) is 3.40. The zero-order chi connectivity index (χ0) is 14.4. The van der Waals surface area contributed by atoms with Gasteiger partial charge in [0.2, 0.25) is 0 Å². The molecule has 0 aromatic carbocycles. The van der Waals surface area contributed by atoms with E-state index in [4.69, 9.17) is 10.2 Å². The van der Waals surface area contributed by atoms with Crippen molar-refractivity contribution in [2.45, 2.75) is 18.9 Å². The minimum Gasteiger partial charge on any atom is -0.464 e. The smallest absolute Gasteiger partial charge is 0.142 e. The van der Waals surface area contributed by atoms with Crippen molar-refractivity contribution in [3.8, 4) is 17.4 Å². The summed E-state index contributed by atoms with van der Waals surface area (Å²) in [6.07, 6.45) is 3.56. The Balaban J connectivity index is 1.99. The largest absolute Gasteiger partial charge is 0.464 e. The second-order valence-corrected chi connectivity index (χ2v) is 5.50. The Hall–Kier alpha value is -2.36. The molecule has 0 spiro atoms. The van der Waals surface area contributed by atoms with Gasteiger partial charge in [-0.3, -0.25) is 5.43 Å². The Morgan fingerprint density at radius 3 is 3.14 bits per heavy atom. The maximum atomic E-state index is 9.45. The molecule has 6 nitrogen and oxygen atoms in total. The van der Waals surface area contributed by atoms with Crippen LogP contribution >= 0.6 is 0 Å². The molecule has 4 N–H and O–H groups in total. The second-order valence-electron chi connectivity index (χ2n) is 5.50. The average Bonchev–Trinajstić information content (AvgIpc) is 3.17. The highest BCUT2D eigenvalue weighted by Gasteiger charge is 2.37. The number of aromatic nitrogens is 1. The predicted octanol–water partition coefficient (Wildman–Crippen LogP) is 1.51. The van der Waals surface area contributed by atoms with E-state index in [-0.39, 0.29) is 11.9 Å². The molecule has 21 heavy (non-hydrogen) atoms. The quantitative estimate of drug-likeness (QED) is 0.732. The molecular weight excluding hydrogens is 266 g/mol. The van der Waals surface area contributed by atoms with Crippen LogP contribution < -0.4 is 16.6 Å². The number of anilines is 1. The van der Waals surface area contributed by atoms with Crippen LogP contribution in [0.3, 0.4) is 0 Å². The Kier molecular flexibility index (Phi) is 2.70. The Bertz CT molecular complexity index is 732. The number of fused-ring (bicyclic) bond motifs is 3. The van der Waals surface area contributed by atoms with Crippen LogP contribution in [-0.4, -0.2) is 11.5 Å². The molecule has 6 heteroatoms. The van der Waals surface area contributed by atoms with Gasteiger partial charge in [-0.05, 0) is 36.5 Å². The Labute approximate surface area is 121 Å². The van der Waals surface area contributed by atoms with Crippen molar-refractivity contribution in [2.75, 3.05) is 12.3 Å². The van der Waals surface area contributed by atoms with Gasteiger partial charge < -0.3 is 10.2 Å². The number of nitrogens with one attached hydrogen (secondary N) is 2. The van der Waals surface area contributed by atoms with E-state index in [2.05, 4.69) is 21.9 Å². The Morgan fingerprint density at radius 1 is 1.48 bits per heavy atom. The summed E-state index contributed by atoms with van der Waals surface area (Å²) in [5, 5.41) is 9.45. The van der Waals surface area contributed by atoms with E-state index < -0.39 is 0 Å². The molecule has 0 saturated carbocycles. The minimum absolute atomic E-state index is 0.150. The van der Waals surface area contributed by atoms with Crippen molar-refractivity contribution in [1.82, 2.24) is 15.8 Å². The van der Waals surface area contributed by atoms with Gasteiger partial charge in [0.25, 0.3) is 0 Å². The highest BCUT2D eigenvalue weighted by molar-refractivity contribution is 5.76. The monoisotopic (exact) mass is 281 g/mol. The van der Waals surface area contributed by atoms with Crippen LogP contribution in [0.4, 0.5) is 5.82 Å². The third-order valence-corrected chi connectivity index (χ3v) is 4.39. The van der Waals surface area contributed by atoms with Crippen LogP contribution in [0.15, 0.2) is 22.8 Å². The number of nitrogens with two attached hydrogens (primary N) is 1. The number of hydrazine groups is 1. The lowest BCUT2D eigenvalue weighted by atomic mass is 9.80. The van der Waals surface area contributed by atoms with E-state index in [1.807, 2.05) is 12.1 Å². The van der Waals surface area contributed by atoms with Gasteiger partial charge in [0.05, 0.1) is 18.0 Å². The Morgan fingerprint density at radius 2 is 2.38 bits per heavy atom. The highest BCUT2D eigenvalue weighted by Crippen LogP contribution is 2.42. The van der Waals surface area contributed by atoms with Crippen LogP contribution in [0, 0.1) is 17.2 Å². The lowest BCUT2D eigenvalue weighted by Gasteiger charge is -2.28. The van der Waals surface area contributed by atoms with Crippen LogP contribution in [0.25, 0.3) is 11.3 Å². The molecule has 2 aromatic rings. The van der Waals surface area contributed by atoms with Crippen molar-refractivity contribution in [3.05, 3.63) is 35.2 Å². The summed E-state index contributed by atoms with van der Waals surface area (Å²) in [4.78, 5) is 4.51. The molecule has 0 radical (unpaired) electrons. The van der Waals surface area contributed by atoms with Gasteiger partial charge in [-0.1, -0.05) is 0 Å². The third kappa shape index (κ3) is 1.75. The molecule has 4 rings (SSSR count). The molecule has 0 bridgehead atoms. The summed E-state index contributed by atoms with van der Waals surface area (Å²) in [6, 6.07) is 6.01. The first-order valence-electron chi connectivity index (χ1n) is 7.04. The number of rotatable bonds is 1. The van der Waals surface area contributed by atoms with E-state index in [0.717, 1.165) is 36.2 Å². The van der Waals surface area contributed by atoms with Crippen molar-refractivity contribution >= 4 is 5.82 Å². The van der Waals surface area contributed by atoms with Crippen molar-refractivity contribution in [1.29, 1.82) is 5.26 Å². The molecule has 0 amide bonds. The number of hydrogen-bond acceptors (Lipinski definition) is 6. The van der Waals surface area contributed by atoms with Crippen molar-refractivity contribution < 1.29 is 4.42 Å². The first-order chi connectivity index (χ1) is 10.3. The van der Waals surface area contributed by atoms with Gasteiger partial charge in [-0.25, -0.2) is 10.4 Å². The molecule has 2 atom stereocenters. The van der Waals surface area contributed by atoms with Crippen molar-refractivity contribution in [3.63, 3.8) is 0 Å². The van der Waals surface area contributed by atoms with E-state index >= 15 is 0 Å². The molecule has 1 fully saturated rings. The van der Waals surface area contributed by atoms with E-state index in [1.165, 1.54) is 0 Å². The standard InChI is InChI=1S/C15H15N5O/c16-6-10-12(11-2-1-5-21-11)9-4-3-8-7-18-20-13(8)14(9)19-15(10)17/h1-2,5,8,13,18,20H,3-4,7H2,(H2,17,19). The summed E-state index contributed by atoms with van der Waals surface area (Å²) in [6.45, 7) is 0.932. The van der Waals surface area contributed by atoms with E-state index in [1.54, 1.807) is 6.26 Å². The number of nitriles is 1. The number of nitrogen functional groups attached to an aromatic ring is 1. The molecule has 2 aromatic heterocycles. The van der Waals surface area contributed by atoms with Crippen LogP contribution in [-0.2, 0) is 6.42 Å². The lowest BCUT2D eigenvalue weighted by molar-refractivity contribution is 0.409. The molecular formula is C15H15N5O. The van der Waals surface area contributed by atoms with Gasteiger partial charge in [0, 0.05) is 12.1 Å². The lowest BCUT2D eigenvalue weighted by Crippen LogP contribution is -2.29. The number of furan rings is 1. The summed E-state index contributed by atoms with van der Waals surface area (Å²) in [7, 11) is 0. The fraction of sp³-hybridized carbons (Fsp3) is 0.333. The van der Waals surface area contributed by atoms with Gasteiger partial charge in [-0.2, -0.15) is 5.26 Å². The molecule has 1 saturated heterocycles. The maximum Gasteiger partial charge on any atom is 0.142 e. The molecule has 2 unspecified atom stereocenters. The number of nitrogens with zero attached hydrogens (tertiary/aromatic N) is 2. The first-order valence-corrected chi connectivity index (χ1v) is 7.04. The molecule has 3 heterocycles. The summed E-state index contributed by atoms with van der Waals surface area (Å²) in [5.41, 5.74) is 15.7. The van der Waals surface area contributed by atoms with Crippen molar-refractivity contribution in [2.24, 2.45) is 5.92 Å². The maximum absolute atomic E-state index is 9.45. The molecule has 106 valence electrons. The number of pyridine rings is 1. The van der Waals surface area contributed by atoms with Gasteiger partial charge >= 0.3 is 0 Å². The zero-order valence-corrected chi connectivity index (χ0v) is 11.4. The number of hydrogen-bond donors (Lipinski definition) is 3.